The Bertz CT molecular complexity index is 563. The van der Waals surface area contributed by atoms with Crippen molar-refractivity contribution in [2.75, 3.05) is 0 Å². The van der Waals surface area contributed by atoms with Crippen molar-refractivity contribution in [1.82, 2.24) is 0 Å². The van der Waals surface area contributed by atoms with E-state index in [0.717, 1.165) is 6.42 Å². The number of hydrogen-bond acceptors (Lipinski definition) is 3. The average molecular weight is 272 g/mol. The van der Waals surface area contributed by atoms with Gasteiger partial charge in [-0.2, -0.15) is 0 Å². The largest absolute Gasteiger partial charge is 0.447 e. The van der Waals surface area contributed by atoms with E-state index < -0.39 is 0 Å². The second-order valence-corrected chi connectivity index (χ2v) is 7.13. The van der Waals surface area contributed by atoms with Gasteiger partial charge < -0.3 is 4.74 Å². The van der Waals surface area contributed by atoms with E-state index in [1.165, 1.54) is 10.5 Å². The number of esters is 1. The maximum Gasteiger partial charge on any atom is 0.307 e. The van der Waals surface area contributed by atoms with Gasteiger partial charge in [-0.05, 0) is 31.4 Å². The highest BCUT2D eigenvalue weighted by molar-refractivity contribution is 8.00. The molecule has 1 saturated heterocycles. The fourth-order valence-corrected chi connectivity index (χ4v) is 5.22. The summed E-state index contributed by atoms with van der Waals surface area (Å²) in [7, 11) is 0. The molecule has 3 aliphatic rings. The Morgan fingerprint density at radius 3 is 2.84 bits per heavy atom. The first-order chi connectivity index (χ1) is 9.17. The smallest absolute Gasteiger partial charge is 0.307 e. The molecule has 1 saturated carbocycles. The van der Waals surface area contributed by atoms with Gasteiger partial charge in [0.25, 0.3) is 0 Å². The van der Waals surface area contributed by atoms with Crippen molar-refractivity contribution in [3.05, 3.63) is 42.0 Å². The Kier molecular flexibility index (Phi) is 2.37. The first kappa shape index (κ1) is 11.6. The summed E-state index contributed by atoms with van der Waals surface area (Å²) in [5.41, 5.74) is 1.26. The molecule has 2 bridgehead atoms. The lowest BCUT2D eigenvalue weighted by atomic mass is 9.90. The zero-order valence-corrected chi connectivity index (χ0v) is 11.7. The summed E-state index contributed by atoms with van der Waals surface area (Å²) < 4.78 is 5.81. The van der Waals surface area contributed by atoms with Gasteiger partial charge in [-0.1, -0.05) is 41.6 Å². The van der Waals surface area contributed by atoms with E-state index >= 15 is 0 Å². The predicted molar refractivity (Wildman–Crippen MR) is 74.7 cm³/mol. The minimum atomic E-state index is -0.328. The lowest BCUT2D eigenvalue weighted by Crippen LogP contribution is -2.35. The van der Waals surface area contributed by atoms with Crippen LogP contribution in [-0.2, 0) is 9.53 Å². The van der Waals surface area contributed by atoms with Crippen LogP contribution in [0, 0.1) is 24.7 Å². The van der Waals surface area contributed by atoms with E-state index in [9.17, 15) is 4.79 Å². The highest BCUT2D eigenvalue weighted by atomic mass is 32.2. The van der Waals surface area contributed by atoms with E-state index in [0.29, 0.717) is 24.2 Å². The molecular formula is C16H16O2S. The van der Waals surface area contributed by atoms with Gasteiger partial charge in [-0.25, -0.2) is 0 Å². The van der Waals surface area contributed by atoms with Crippen LogP contribution in [-0.4, -0.2) is 10.9 Å². The van der Waals surface area contributed by atoms with Crippen LogP contribution >= 0.6 is 11.8 Å². The van der Waals surface area contributed by atoms with Crippen LogP contribution in [0.4, 0.5) is 0 Å². The Balaban J connectivity index is 1.69. The standard InChI is InChI=1S/C16H16O2S/c1-10-2-6-13(7-3-10)19-16-12-5-4-11(8-12)14(16)9-15(17)18-16/h2-7,11-12,14H,8-9H2,1H3/t11-,12+,14+,16+/m0/s1. The van der Waals surface area contributed by atoms with Crippen LogP contribution in [0.25, 0.3) is 0 Å². The number of fused-ring (bicyclic) bond motifs is 5. The summed E-state index contributed by atoms with van der Waals surface area (Å²) in [6.07, 6.45) is 6.27. The molecule has 0 N–H and O–H groups in total. The molecule has 4 rings (SSSR count). The molecular weight excluding hydrogens is 256 g/mol. The molecule has 1 heterocycles. The van der Waals surface area contributed by atoms with Crippen molar-refractivity contribution in [2.45, 2.75) is 29.6 Å². The lowest BCUT2D eigenvalue weighted by molar-refractivity contribution is -0.144. The van der Waals surface area contributed by atoms with Crippen molar-refractivity contribution in [1.29, 1.82) is 0 Å². The number of aryl methyl sites for hydroxylation is 1. The highest BCUT2D eigenvalue weighted by Crippen LogP contribution is 2.63. The lowest BCUT2D eigenvalue weighted by Gasteiger charge is -2.34. The third kappa shape index (κ3) is 1.61. The van der Waals surface area contributed by atoms with Gasteiger partial charge >= 0.3 is 5.97 Å². The molecule has 98 valence electrons. The van der Waals surface area contributed by atoms with Gasteiger partial charge in [-0.15, -0.1) is 0 Å². The zero-order valence-electron chi connectivity index (χ0n) is 10.8. The monoisotopic (exact) mass is 272 g/mol. The summed E-state index contributed by atoms with van der Waals surface area (Å²) in [4.78, 5) is 12.6. The molecule has 0 amide bonds. The van der Waals surface area contributed by atoms with Gasteiger partial charge in [0.2, 0.25) is 0 Å². The fourth-order valence-electron chi connectivity index (χ4n) is 3.70. The third-order valence-corrected chi connectivity index (χ3v) is 6.14. The Morgan fingerprint density at radius 2 is 2.05 bits per heavy atom. The van der Waals surface area contributed by atoms with Crippen LogP contribution < -0.4 is 0 Å². The predicted octanol–water partition coefficient (Wildman–Crippen LogP) is 3.55. The highest BCUT2D eigenvalue weighted by Gasteiger charge is 2.63. The van der Waals surface area contributed by atoms with Crippen LogP contribution in [0.1, 0.15) is 18.4 Å². The number of hydrogen-bond donors (Lipinski definition) is 0. The van der Waals surface area contributed by atoms with Gasteiger partial charge in [0.05, 0.1) is 6.42 Å². The summed E-state index contributed by atoms with van der Waals surface area (Å²) in [6, 6.07) is 8.50. The van der Waals surface area contributed by atoms with Gasteiger partial charge in [0.1, 0.15) is 0 Å². The minimum absolute atomic E-state index is 0.0250. The Hall–Kier alpha value is -1.22. The third-order valence-electron chi connectivity index (χ3n) is 4.63. The second-order valence-electron chi connectivity index (χ2n) is 5.81. The van der Waals surface area contributed by atoms with Crippen LogP contribution in [0.3, 0.4) is 0 Å². The number of rotatable bonds is 2. The number of carbonyl (C=O) groups is 1. The SMILES string of the molecule is Cc1ccc(S[C@@]23OC(=O)C[C@@H]2[C@H]2C=C[C@@H]3C2)cc1. The molecule has 1 aliphatic heterocycles. The molecule has 0 radical (unpaired) electrons. The molecule has 0 spiro atoms. The van der Waals surface area contributed by atoms with Crippen LogP contribution in [0.5, 0.6) is 0 Å². The number of carbonyl (C=O) groups excluding carboxylic acids is 1. The quantitative estimate of drug-likeness (QED) is 0.608. The first-order valence-electron chi connectivity index (χ1n) is 6.83. The molecule has 1 aromatic rings. The minimum Gasteiger partial charge on any atom is -0.447 e. The fraction of sp³-hybridized carbons (Fsp3) is 0.438. The molecule has 1 aromatic carbocycles. The van der Waals surface area contributed by atoms with E-state index in [1.807, 2.05) is 0 Å². The topological polar surface area (TPSA) is 26.3 Å². The zero-order chi connectivity index (χ0) is 13.0. The maximum absolute atomic E-state index is 11.8. The number of ether oxygens (including phenoxy) is 1. The average Bonchev–Trinajstić information content (AvgIpc) is 3.03. The second kappa shape index (κ2) is 3.89. The van der Waals surface area contributed by atoms with E-state index in [-0.39, 0.29) is 10.9 Å². The number of benzene rings is 1. The normalized spacial score (nSPS) is 38.6. The van der Waals surface area contributed by atoms with Crippen LogP contribution in [0.2, 0.25) is 0 Å². The van der Waals surface area contributed by atoms with Crippen molar-refractivity contribution in [3.8, 4) is 0 Å². The summed E-state index contributed by atoms with van der Waals surface area (Å²) in [5.74, 6) is 1.26. The molecule has 0 aromatic heterocycles. The number of allylic oxidation sites excluding steroid dienone is 1. The molecule has 19 heavy (non-hydrogen) atoms. The molecule has 2 fully saturated rings. The Labute approximate surface area is 117 Å². The van der Waals surface area contributed by atoms with Gasteiger partial charge in [0, 0.05) is 16.7 Å². The summed E-state index contributed by atoms with van der Waals surface area (Å²) in [6.45, 7) is 2.09. The van der Waals surface area contributed by atoms with Crippen molar-refractivity contribution < 1.29 is 9.53 Å². The maximum atomic E-state index is 11.8. The Morgan fingerprint density at radius 1 is 1.26 bits per heavy atom. The molecule has 3 heteroatoms. The van der Waals surface area contributed by atoms with Gasteiger partial charge in [-0.3, -0.25) is 4.79 Å². The first-order valence-corrected chi connectivity index (χ1v) is 7.65. The molecule has 4 atom stereocenters. The summed E-state index contributed by atoms with van der Waals surface area (Å²) in [5, 5.41) is 0. The van der Waals surface area contributed by atoms with E-state index in [2.05, 4.69) is 43.3 Å². The van der Waals surface area contributed by atoms with E-state index in [1.54, 1.807) is 11.8 Å². The van der Waals surface area contributed by atoms with Crippen molar-refractivity contribution in [3.63, 3.8) is 0 Å². The van der Waals surface area contributed by atoms with Crippen LogP contribution in [0.15, 0.2) is 41.3 Å². The van der Waals surface area contributed by atoms with Crippen molar-refractivity contribution >= 4 is 17.7 Å². The number of thioether (sulfide) groups is 1. The van der Waals surface area contributed by atoms with Crippen molar-refractivity contribution in [2.24, 2.45) is 17.8 Å². The molecule has 2 aliphatic carbocycles. The molecule has 0 unspecified atom stereocenters. The van der Waals surface area contributed by atoms with Gasteiger partial charge in [0.15, 0.2) is 4.93 Å². The molecule has 2 nitrogen and oxygen atoms in total. The summed E-state index contributed by atoms with van der Waals surface area (Å²) >= 11 is 1.75. The van der Waals surface area contributed by atoms with E-state index in [4.69, 9.17) is 4.74 Å².